The second-order valence-corrected chi connectivity index (χ2v) is 7.27. The fourth-order valence-corrected chi connectivity index (χ4v) is 3.61. The van der Waals surface area contributed by atoms with Gasteiger partial charge in [0.15, 0.2) is 5.65 Å². The summed E-state index contributed by atoms with van der Waals surface area (Å²) in [6.45, 7) is 5.03. The van der Waals surface area contributed by atoms with Crippen molar-refractivity contribution in [3.8, 4) is 16.9 Å². The van der Waals surface area contributed by atoms with Crippen molar-refractivity contribution in [3.05, 3.63) is 81.2 Å². The van der Waals surface area contributed by atoms with Crippen LogP contribution in [0.1, 0.15) is 27.3 Å². The molecule has 2 N–H and O–H groups in total. The van der Waals surface area contributed by atoms with Gasteiger partial charge >= 0.3 is 0 Å². The lowest BCUT2D eigenvalue weighted by molar-refractivity contribution is 0.102. The number of aromatic amines is 1. The van der Waals surface area contributed by atoms with Gasteiger partial charge in [-0.15, -0.1) is 0 Å². The summed E-state index contributed by atoms with van der Waals surface area (Å²) in [5, 5.41) is 5.57. The Balaban J connectivity index is 1.82. The Hall–Kier alpha value is -3.94. The minimum atomic E-state index is -0.695. The number of rotatable bonds is 4. The van der Waals surface area contributed by atoms with Crippen LogP contribution < -0.4 is 15.6 Å². The number of benzene rings is 2. The average molecular weight is 420 g/mol. The van der Waals surface area contributed by atoms with Gasteiger partial charge in [-0.05, 0) is 38.0 Å². The monoisotopic (exact) mass is 420 g/mol. The van der Waals surface area contributed by atoms with Crippen molar-refractivity contribution in [1.29, 1.82) is 0 Å². The minimum absolute atomic E-state index is 0.132. The highest BCUT2D eigenvalue weighted by molar-refractivity contribution is 6.05. The van der Waals surface area contributed by atoms with Gasteiger partial charge in [-0.1, -0.05) is 30.3 Å². The molecule has 0 unspecified atom stereocenters. The maximum atomic E-state index is 14.0. The normalized spacial score (nSPS) is 11.0. The summed E-state index contributed by atoms with van der Waals surface area (Å²) in [6, 6.07) is 12.2. The number of fused-ring (bicyclic) bond motifs is 1. The van der Waals surface area contributed by atoms with E-state index in [4.69, 9.17) is 4.74 Å². The first-order chi connectivity index (χ1) is 14.8. The Morgan fingerprint density at radius 3 is 2.55 bits per heavy atom. The van der Waals surface area contributed by atoms with E-state index in [9.17, 15) is 14.0 Å². The third-order valence-electron chi connectivity index (χ3n) is 5.16. The van der Waals surface area contributed by atoms with Crippen molar-refractivity contribution in [2.75, 3.05) is 12.4 Å². The summed E-state index contributed by atoms with van der Waals surface area (Å²) in [6.07, 6.45) is 0. The van der Waals surface area contributed by atoms with Crippen LogP contribution in [0.2, 0.25) is 0 Å². The first kappa shape index (κ1) is 20.3. The molecule has 4 rings (SSSR count). The van der Waals surface area contributed by atoms with Gasteiger partial charge < -0.3 is 10.1 Å². The number of hydrogen-bond donors (Lipinski definition) is 2. The molecule has 7 nitrogen and oxygen atoms in total. The minimum Gasteiger partial charge on any atom is -0.495 e. The summed E-state index contributed by atoms with van der Waals surface area (Å²) < 4.78 is 20.5. The summed E-state index contributed by atoms with van der Waals surface area (Å²) >= 11 is 0. The van der Waals surface area contributed by atoms with Gasteiger partial charge in [0, 0.05) is 17.3 Å². The van der Waals surface area contributed by atoms with Gasteiger partial charge in [-0.3, -0.25) is 14.7 Å². The summed E-state index contributed by atoms with van der Waals surface area (Å²) in [5.41, 5.74) is 2.97. The molecule has 31 heavy (non-hydrogen) atoms. The highest BCUT2D eigenvalue weighted by atomic mass is 19.1. The number of hydrogen-bond acceptors (Lipinski definition) is 4. The van der Waals surface area contributed by atoms with Crippen molar-refractivity contribution in [2.24, 2.45) is 0 Å². The molecule has 2 heterocycles. The van der Waals surface area contributed by atoms with Gasteiger partial charge in [0.1, 0.15) is 17.1 Å². The first-order valence-electron chi connectivity index (χ1n) is 9.64. The van der Waals surface area contributed by atoms with E-state index in [1.165, 1.54) is 17.7 Å². The smallest absolute Gasteiger partial charge is 0.285 e. The number of aryl methyl sites for hydroxylation is 3. The summed E-state index contributed by atoms with van der Waals surface area (Å²) in [4.78, 5) is 30.7. The third kappa shape index (κ3) is 3.46. The van der Waals surface area contributed by atoms with Crippen LogP contribution in [0.15, 0.2) is 47.3 Å². The van der Waals surface area contributed by atoms with Gasteiger partial charge in [-0.25, -0.2) is 13.9 Å². The molecule has 158 valence electrons. The maximum Gasteiger partial charge on any atom is 0.285 e. The molecule has 0 fully saturated rings. The summed E-state index contributed by atoms with van der Waals surface area (Å²) in [5.74, 6) is -0.897. The highest BCUT2D eigenvalue weighted by Crippen LogP contribution is 2.29. The van der Waals surface area contributed by atoms with Crippen LogP contribution in [0, 0.1) is 26.6 Å². The van der Waals surface area contributed by atoms with Crippen molar-refractivity contribution in [2.45, 2.75) is 20.8 Å². The Morgan fingerprint density at radius 2 is 1.87 bits per heavy atom. The number of ether oxygens (including phenoxy) is 1. The Kier molecular flexibility index (Phi) is 5.06. The zero-order chi connectivity index (χ0) is 22.3. The van der Waals surface area contributed by atoms with Gasteiger partial charge in [-0.2, -0.15) is 0 Å². The fraction of sp³-hybridized carbons (Fsp3) is 0.174. The van der Waals surface area contributed by atoms with E-state index in [-0.39, 0.29) is 16.9 Å². The molecule has 0 aliphatic heterocycles. The molecule has 2 aromatic heterocycles. The molecule has 0 aliphatic rings. The number of halogens is 1. The molecule has 1 amide bonds. The predicted molar refractivity (Wildman–Crippen MR) is 116 cm³/mol. The number of aromatic nitrogens is 3. The van der Waals surface area contributed by atoms with Crippen LogP contribution in [-0.2, 0) is 0 Å². The largest absolute Gasteiger partial charge is 0.495 e. The molecule has 0 saturated heterocycles. The van der Waals surface area contributed by atoms with Crippen LogP contribution >= 0.6 is 0 Å². The second-order valence-electron chi connectivity index (χ2n) is 7.27. The van der Waals surface area contributed by atoms with E-state index >= 15 is 0 Å². The number of anilines is 1. The van der Waals surface area contributed by atoms with E-state index in [2.05, 4.69) is 15.4 Å². The number of nitrogens with zero attached hydrogens (tertiary/aromatic N) is 2. The molecular weight excluding hydrogens is 399 g/mol. The fourth-order valence-electron chi connectivity index (χ4n) is 3.61. The van der Waals surface area contributed by atoms with Crippen LogP contribution in [-0.4, -0.2) is 27.6 Å². The van der Waals surface area contributed by atoms with Crippen LogP contribution in [0.25, 0.3) is 16.8 Å². The zero-order valence-electron chi connectivity index (χ0n) is 17.5. The molecule has 0 atom stereocenters. The van der Waals surface area contributed by atoms with Crippen molar-refractivity contribution >= 4 is 17.2 Å². The van der Waals surface area contributed by atoms with Crippen molar-refractivity contribution < 1.29 is 13.9 Å². The lowest BCUT2D eigenvalue weighted by atomic mass is 10.1. The summed E-state index contributed by atoms with van der Waals surface area (Å²) in [7, 11) is 1.42. The maximum absolute atomic E-state index is 14.0. The average Bonchev–Trinajstić information content (AvgIpc) is 3.07. The SMILES string of the molecule is COc1cc(C)c(F)cc1NC(=O)c1c(C)nc2c(-c3ccccc3)c(C)[nH]n2c1=O. The van der Waals surface area contributed by atoms with Crippen molar-refractivity contribution in [3.63, 3.8) is 0 Å². The lowest BCUT2D eigenvalue weighted by Crippen LogP contribution is -2.29. The molecule has 0 spiro atoms. The zero-order valence-corrected chi connectivity index (χ0v) is 17.5. The molecule has 8 heteroatoms. The molecule has 0 bridgehead atoms. The van der Waals surface area contributed by atoms with Crippen molar-refractivity contribution in [1.82, 2.24) is 14.6 Å². The van der Waals surface area contributed by atoms with Crippen LogP contribution in [0.3, 0.4) is 0 Å². The van der Waals surface area contributed by atoms with Gasteiger partial charge in [0.2, 0.25) is 0 Å². The Morgan fingerprint density at radius 1 is 1.16 bits per heavy atom. The topological polar surface area (TPSA) is 88.5 Å². The van der Waals surface area contributed by atoms with Gasteiger partial charge in [0.05, 0.1) is 18.5 Å². The third-order valence-corrected chi connectivity index (χ3v) is 5.16. The molecule has 2 aromatic carbocycles. The predicted octanol–water partition coefficient (Wildman–Crippen LogP) is 4.01. The number of H-pyrrole nitrogens is 1. The highest BCUT2D eigenvalue weighted by Gasteiger charge is 2.23. The van der Waals surface area contributed by atoms with E-state index in [1.54, 1.807) is 13.8 Å². The standard InChI is InChI=1S/C23H21FN4O3/c1-12-10-18(31-4)17(11-16(12)24)26-22(29)20-13(2)25-21-19(15-8-6-5-7-9-15)14(3)27-28(21)23(20)30/h5-11,27H,1-4H3,(H,26,29). The van der Waals surface area contributed by atoms with E-state index in [0.717, 1.165) is 22.9 Å². The molecule has 0 saturated carbocycles. The quantitative estimate of drug-likeness (QED) is 0.522. The number of carbonyl (C=O) groups excluding carboxylic acids is 1. The molecule has 0 radical (unpaired) electrons. The van der Waals surface area contributed by atoms with Crippen LogP contribution in [0.5, 0.6) is 5.75 Å². The number of carbonyl (C=O) groups is 1. The molecular formula is C23H21FN4O3. The molecule has 0 aliphatic carbocycles. The van der Waals surface area contributed by atoms with E-state index in [1.807, 2.05) is 37.3 Å². The second kappa shape index (κ2) is 7.71. The van der Waals surface area contributed by atoms with E-state index < -0.39 is 17.3 Å². The Labute approximate surface area is 177 Å². The molecule has 4 aromatic rings. The van der Waals surface area contributed by atoms with E-state index in [0.29, 0.717) is 17.0 Å². The van der Waals surface area contributed by atoms with Crippen LogP contribution in [0.4, 0.5) is 10.1 Å². The first-order valence-corrected chi connectivity index (χ1v) is 9.64. The number of methoxy groups -OCH3 is 1. The Bertz CT molecular complexity index is 1370. The lowest BCUT2D eigenvalue weighted by Gasteiger charge is -2.12. The number of nitrogens with one attached hydrogen (secondary N) is 2. The number of amides is 1. The van der Waals surface area contributed by atoms with Gasteiger partial charge in [0.25, 0.3) is 11.5 Å².